The Morgan fingerprint density at radius 3 is 2.18 bits per heavy atom. The molecule has 39 heavy (non-hydrogen) atoms. The van der Waals surface area contributed by atoms with Gasteiger partial charge in [0.25, 0.3) is 5.91 Å². The van der Waals surface area contributed by atoms with Gasteiger partial charge >= 0.3 is 5.97 Å². The van der Waals surface area contributed by atoms with E-state index in [1.54, 1.807) is 0 Å². The summed E-state index contributed by atoms with van der Waals surface area (Å²) in [6, 6.07) is 14.7. The zero-order valence-electron chi connectivity index (χ0n) is 21.0. The summed E-state index contributed by atoms with van der Waals surface area (Å²) in [5, 5.41) is 2.55. The topological polar surface area (TPSA) is 130 Å². The van der Waals surface area contributed by atoms with Crippen LogP contribution in [0.2, 0.25) is 0 Å². The second-order valence-corrected chi connectivity index (χ2v) is 10.6. The number of carbonyl (C=O) groups excluding carboxylic acids is 4. The first-order valence-electron chi connectivity index (χ1n) is 11.7. The Morgan fingerprint density at radius 1 is 1.00 bits per heavy atom. The first kappa shape index (κ1) is 27.6. The van der Waals surface area contributed by atoms with E-state index in [-0.39, 0.29) is 28.6 Å². The maximum atomic E-state index is 13.8. The molecule has 1 saturated heterocycles. The number of nitrogens with one attached hydrogen (secondary N) is 1. The van der Waals surface area contributed by atoms with Crippen LogP contribution in [0.25, 0.3) is 0 Å². The Morgan fingerprint density at radius 2 is 1.62 bits per heavy atom. The Balaban J connectivity index is 1.70. The highest BCUT2D eigenvalue weighted by Crippen LogP contribution is 2.31. The molecular formula is C27H24FN3O7S. The van der Waals surface area contributed by atoms with Crippen LogP contribution in [0.4, 0.5) is 15.8 Å². The van der Waals surface area contributed by atoms with E-state index in [0.717, 1.165) is 9.21 Å². The Labute approximate surface area is 224 Å². The fourth-order valence-electron chi connectivity index (χ4n) is 4.16. The number of benzene rings is 3. The third kappa shape index (κ3) is 5.86. The van der Waals surface area contributed by atoms with Gasteiger partial charge in [-0.3, -0.25) is 14.4 Å². The molecule has 0 aliphatic carbocycles. The number of halogens is 1. The lowest BCUT2D eigenvalue weighted by Crippen LogP contribution is -2.45. The van der Waals surface area contributed by atoms with E-state index in [0.29, 0.717) is 11.3 Å². The monoisotopic (exact) mass is 553 g/mol. The number of methoxy groups -OCH3 is 1. The number of rotatable bonds is 8. The van der Waals surface area contributed by atoms with Gasteiger partial charge in [0.15, 0.2) is 0 Å². The molecule has 1 fully saturated rings. The summed E-state index contributed by atoms with van der Waals surface area (Å²) in [7, 11) is -3.14. The molecule has 1 atom stereocenters. The number of esters is 1. The van der Waals surface area contributed by atoms with Crippen LogP contribution < -0.4 is 10.2 Å². The van der Waals surface area contributed by atoms with Crippen LogP contribution in [-0.2, 0) is 35.7 Å². The molecule has 1 aliphatic heterocycles. The number of sulfonamides is 1. The summed E-state index contributed by atoms with van der Waals surface area (Å²) in [6.45, 7) is 1.00. The van der Waals surface area contributed by atoms with Crippen molar-refractivity contribution in [2.45, 2.75) is 30.8 Å². The number of amides is 3. The first-order chi connectivity index (χ1) is 18.5. The van der Waals surface area contributed by atoms with Gasteiger partial charge in [-0.15, -0.1) is 0 Å². The van der Waals surface area contributed by atoms with Gasteiger partial charge in [0.05, 0.1) is 29.7 Å². The number of hydrogen-bond donors (Lipinski definition) is 1. The van der Waals surface area contributed by atoms with Crippen LogP contribution in [0, 0.1) is 5.82 Å². The number of hydrogen-bond acceptors (Lipinski definition) is 7. The van der Waals surface area contributed by atoms with E-state index in [4.69, 9.17) is 0 Å². The number of anilines is 2. The normalized spacial score (nSPS) is 15.5. The van der Waals surface area contributed by atoms with Crippen LogP contribution in [0.1, 0.15) is 29.3 Å². The molecule has 4 rings (SSSR count). The number of ether oxygens (including phenoxy) is 1. The van der Waals surface area contributed by atoms with Crippen molar-refractivity contribution in [3.05, 3.63) is 89.7 Å². The maximum Gasteiger partial charge on any atom is 0.337 e. The first-order valence-corrected chi connectivity index (χ1v) is 13.1. The van der Waals surface area contributed by atoms with Crippen molar-refractivity contribution in [2.24, 2.45) is 0 Å². The summed E-state index contributed by atoms with van der Waals surface area (Å²) in [6.07, 6.45) is -0.429. The summed E-state index contributed by atoms with van der Waals surface area (Å²) >= 11 is 0. The third-order valence-corrected chi connectivity index (χ3v) is 7.92. The number of nitrogens with zero attached hydrogens (tertiary/aromatic N) is 2. The van der Waals surface area contributed by atoms with Crippen molar-refractivity contribution >= 4 is 45.1 Å². The second-order valence-electron chi connectivity index (χ2n) is 8.71. The largest absolute Gasteiger partial charge is 0.465 e. The van der Waals surface area contributed by atoms with E-state index in [2.05, 4.69) is 10.1 Å². The zero-order chi connectivity index (χ0) is 28.3. The van der Waals surface area contributed by atoms with Gasteiger partial charge in [0.2, 0.25) is 21.8 Å². The summed E-state index contributed by atoms with van der Waals surface area (Å²) in [5.41, 5.74) is 1.15. The minimum atomic E-state index is -4.36. The van der Waals surface area contributed by atoms with Gasteiger partial charge in [-0.2, -0.15) is 4.31 Å². The summed E-state index contributed by atoms with van der Waals surface area (Å²) < 4.78 is 46.7. The van der Waals surface area contributed by atoms with E-state index >= 15 is 0 Å². The van der Waals surface area contributed by atoms with Crippen LogP contribution in [-0.4, -0.2) is 49.6 Å². The van der Waals surface area contributed by atoms with Gasteiger partial charge in [-0.1, -0.05) is 12.1 Å². The molecule has 1 unspecified atom stereocenters. The third-order valence-electron chi connectivity index (χ3n) is 6.05. The highest BCUT2D eigenvalue weighted by molar-refractivity contribution is 7.89. The highest BCUT2D eigenvalue weighted by atomic mass is 32.2. The predicted molar refractivity (Wildman–Crippen MR) is 139 cm³/mol. The molecule has 1 aliphatic rings. The Hall–Kier alpha value is -4.42. The lowest BCUT2D eigenvalue weighted by atomic mass is 10.2. The average molecular weight is 554 g/mol. The minimum Gasteiger partial charge on any atom is -0.465 e. The van der Waals surface area contributed by atoms with Crippen molar-refractivity contribution in [2.75, 3.05) is 17.3 Å². The molecule has 0 bridgehead atoms. The molecule has 0 radical (unpaired) electrons. The van der Waals surface area contributed by atoms with Crippen LogP contribution in [0.15, 0.2) is 77.7 Å². The molecule has 1 heterocycles. The van der Waals surface area contributed by atoms with E-state index in [9.17, 15) is 32.0 Å². The molecule has 0 saturated carbocycles. The van der Waals surface area contributed by atoms with E-state index < -0.39 is 46.1 Å². The highest BCUT2D eigenvalue weighted by Gasteiger charge is 2.47. The lowest BCUT2D eigenvalue weighted by Gasteiger charge is -2.27. The van der Waals surface area contributed by atoms with E-state index in [1.807, 2.05) is 0 Å². The maximum absolute atomic E-state index is 13.8. The Kier molecular flexibility index (Phi) is 7.88. The second kappa shape index (κ2) is 11.1. The molecule has 1 N–H and O–H groups in total. The van der Waals surface area contributed by atoms with E-state index in [1.165, 1.54) is 86.8 Å². The number of carbonyl (C=O) groups is 4. The van der Waals surface area contributed by atoms with Crippen LogP contribution >= 0.6 is 0 Å². The van der Waals surface area contributed by atoms with Gasteiger partial charge in [0, 0.05) is 19.2 Å². The predicted octanol–water partition coefficient (Wildman–Crippen LogP) is 3.09. The van der Waals surface area contributed by atoms with Crippen LogP contribution in [0.3, 0.4) is 0 Å². The quantitative estimate of drug-likeness (QED) is 0.335. The minimum absolute atomic E-state index is 0.166. The Bertz CT molecular complexity index is 1520. The molecule has 3 amide bonds. The molecule has 0 spiro atoms. The van der Waals surface area contributed by atoms with Gasteiger partial charge in [0.1, 0.15) is 11.9 Å². The molecule has 10 nitrogen and oxygen atoms in total. The fourth-order valence-corrected chi connectivity index (χ4v) is 5.73. The zero-order valence-corrected chi connectivity index (χ0v) is 21.8. The van der Waals surface area contributed by atoms with Crippen molar-refractivity contribution in [3.8, 4) is 0 Å². The number of imide groups is 1. The van der Waals surface area contributed by atoms with Crippen molar-refractivity contribution in [1.29, 1.82) is 0 Å². The fraction of sp³-hybridized carbons (Fsp3) is 0.185. The molecule has 0 aromatic heterocycles. The molecule has 202 valence electrons. The van der Waals surface area contributed by atoms with Gasteiger partial charge in [-0.05, 0) is 66.2 Å². The van der Waals surface area contributed by atoms with Crippen molar-refractivity contribution in [1.82, 2.24) is 4.31 Å². The van der Waals surface area contributed by atoms with Crippen molar-refractivity contribution in [3.63, 3.8) is 0 Å². The molecular weight excluding hydrogens is 529 g/mol. The lowest BCUT2D eigenvalue weighted by molar-refractivity contribution is -0.122. The molecule has 12 heteroatoms. The molecule has 3 aromatic rings. The standard InChI is InChI=1S/C27H24FN3O7S/c1-17(32)29-21-9-13-23(14-10-21)39(36,37)30(16-18-3-7-20(28)8-4-18)24-15-25(33)31(26(24)34)22-11-5-19(6-12-22)27(35)38-2/h3-14,24H,15-16H2,1-2H3,(H,29,32). The van der Waals surface area contributed by atoms with Gasteiger partial charge in [-0.25, -0.2) is 22.5 Å². The van der Waals surface area contributed by atoms with Crippen LogP contribution in [0.5, 0.6) is 0 Å². The summed E-state index contributed by atoms with van der Waals surface area (Å²) in [5.74, 6) is -2.85. The van der Waals surface area contributed by atoms with Gasteiger partial charge < -0.3 is 10.1 Å². The molecule has 3 aromatic carbocycles. The smallest absolute Gasteiger partial charge is 0.337 e. The summed E-state index contributed by atoms with van der Waals surface area (Å²) in [4.78, 5) is 50.3. The average Bonchev–Trinajstić information content (AvgIpc) is 3.20. The van der Waals surface area contributed by atoms with Crippen molar-refractivity contribution < 1.29 is 36.7 Å². The SMILES string of the molecule is COC(=O)c1ccc(N2C(=O)CC(N(Cc3ccc(F)cc3)S(=O)(=O)c3ccc(NC(C)=O)cc3)C2=O)cc1.